The number of allylic oxidation sites excluding steroid dienone is 1. The van der Waals surface area contributed by atoms with Gasteiger partial charge in [0.2, 0.25) is 0 Å². The SMILES string of the molecule is O=C(NCCC1=CCCCC1)[C@H]1CN(S(=O)(=O)c2ccccc2)c2ccccc2O1. The Hall–Kier alpha value is -2.80. The van der Waals surface area contributed by atoms with Crippen molar-refractivity contribution >= 4 is 21.6 Å². The van der Waals surface area contributed by atoms with Crippen LogP contribution >= 0.6 is 0 Å². The van der Waals surface area contributed by atoms with Crippen LogP contribution in [0.2, 0.25) is 0 Å². The Labute approximate surface area is 177 Å². The second kappa shape index (κ2) is 8.92. The van der Waals surface area contributed by atoms with Crippen LogP contribution in [0.5, 0.6) is 5.75 Å². The van der Waals surface area contributed by atoms with Crippen LogP contribution in [-0.2, 0) is 14.8 Å². The predicted octanol–water partition coefficient (Wildman–Crippen LogP) is 3.65. The molecule has 0 aromatic heterocycles. The second-order valence-corrected chi connectivity index (χ2v) is 9.43. The van der Waals surface area contributed by atoms with Crippen LogP contribution in [0.25, 0.3) is 0 Å². The monoisotopic (exact) mass is 426 g/mol. The quantitative estimate of drug-likeness (QED) is 0.716. The predicted molar refractivity (Wildman–Crippen MR) is 116 cm³/mol. The summed E-state index contributed by atoms with van der Waals surface area (Å²) in [5, 5.41) is 2.92. The Balaban J connectivity index is 1.51. The Morgan fingerprint density at radius 1 is 1.07 bits per heavy atom. The molecule has 0 fully saturated rings. The number of sulfonamides is 1. The molecule has 1 N–H and O–H groups in total. The first-order chi connectivity index (χ1) is 14.6. The summed E-state index contributed by atoms with van der Waals surface area (Å²) in [7, 11) is -3.82. The van der Waals surface area contributed by atoms with Crippen molar-refractivity contribution < 1.29 is 17.9 Å². The number of para-hydroxylation sites is 2. The van der Waals surface area contributed by atoms with Crippen LogP contribution < -0.4 is 14.4 Å². The largest absolute Gasteiger partial charge is 0.476 e. The van der Waals surface area contributed by atoms with Gasteiger partial charge in [-0.25, -0.2) is 8.42 Å². The number of carbonyl (C=O) groups is 1. The Morgan fingerprint density at radius 2 is 1.83 bits per heavy atom. The smallest absolute Gasteiger partial charge is 0.264 e. The number of anilines is 1. The van der Waals surface area contributed by atoms with Crippen LogP contribution in [0, 0.1) is 0 Å². The molecule has 1 aliphatic carbocycles. The van der Waals surface area contributed by atoms with Crippen molar-refractivity contribution in [2.24, 2.45) is 0 Å². The lowest BCUT2D eigenvalue weighted by Gasteiger charge is -2.34. The highest BCUT2D eigenvalue weighted by Crippen LogP contribution is 2.36. The molecule has 2 aromatic rings. The minimum absolute atomic E-state index is 0.0667. The van der Waals surface area contributed by atoms with E-state index >= 15 is 0 Å². The zero-order chi connectivity index (χ0) is 21.0. The number of hydrogen-bond acceptors (Lipinski definition) is 4. The number of fused-ring (bicyclic) bond motifs is 1. The van der Waals surface area contributed by atoms with Crippen LogP contribution in [0.15, 0.2) is 71.1 Å². The fourth-order valence-corrected chi connectivity index (χ4v) is 5.37. The van der Waals surface area contributed by atoms with Gasteiger partial charge in [-0.3, -0.25) is 9.10 Å². The van der Waals surface area contributed by atoms with E-state index in [1.165, 1.54) is 22.7 Å². The second-order valence-electron chi connectivity index (χ2n) is 7.57. The molecule has 0 unspecified atom stereocenters. The third-order valence-corrected chi connectivity index (χ3v) is 7.28. The van der Waals surface area contributed by atoms with E-state index in [2.05, 4.69) is 11.4 Å². The van der Waals surface area contributed by atoms with Gasteiger partial charge in [0.15, 0.2) is 6.10 Å². The molecule has 0 saturated carbocycles. The average Bonchev–Trinajstić information content (AvgIpc) is 2.79. The van der Waals surface area contributed by atoms with Gasteiger partial charge < -0.3 is 10.1 Å². The van der Waals surface area contributed by atoms with Crippen LogP contribution in [0.4, 0.5) is 5.69 Å². The van der Waals surface area contributed by atoms with Crippen molar-refractivity contribution in [3.63, 3.8) is 0 Å². The van der Waals surface area contributed by atoms with Crippen molar-refractivity contribution in [1.29, 1.82) is 0 Å². The van der Waals surface area contributed by atoms with E-state index in [0.29, 0.717) is 18.0 Å². The zero-order valence-electron chi connectivity index (χ0n) is 16.8. The molecule has 0 bridgehead atoms. The molecule has 7 heteroatoms. The summed E-state index contributed by atoms with van der Waals surface area (Å²) < 4.78 is 33.7. The molecule has 158 valence electrons. The molecule has 0 spiro atoms. The van der Waals surface area contributed by atoms with Crippen molar-refractivity contribution in [3.05, 3.63) is 66.2 Å². The number of hydrogen-bond donors (Lipinski definition) is 1. The molecule has 2 aliphatic rings. The van der Waals surface area contributed by atoms with Crippen molar-refractivity contribution in [2.75, 3.05) is 17.4 Å². The molecule has 0 radical (unpaired) electrons. The molecule has 2 aromatic carbocycles. The van der Waals surface area contributed by atoms with Gasteiger partial charge in [-0.05, 0) is 56.4 Å². The van der Waals surface area contributed by atoms with Crippen molar-refractivity contribution in [3.8, 4) is 5.75 Å². The molecule has 6 nitrogen and oxygen atoms in total. The summed E-state index contributed by atoms with van der Waals surface area (Å²) in [5.41, 5.74) is 1.82. The number of ether oxygens (including phenoxy) is 1. The number of carbonyl (C=O) groups excluding carboxylic acids is 1. The Kier molecular flexibility index (Phi) is 6.08. The number of nitrogens with zero attached hydrogens (tertiary/aromatic N) is 1. The first kappa shape index (κ1) is 20.5. The summed E-state index contributed by atoms with van der Waals surface area (Å²) >= 11 is 0. The van der Waals surface area contributed by atoms with E-state index in [0.717, 1.165) is 19.3 Å². The summed E-state index contributed by atoms with van der Waals surface area (Å²) in [4.78, 5) is 13.0. The van der Waals surface area contributed by atoms with E-state index in [1.807, 2.05) is 0 Å². The van der Waals surface area contributed by atoms with Gasteiger partial charge in [-0.15, -0.1) is 0 Å². The third-order valence-electron chi connectivity index (χ3n) is 5.49. The maximum absolute atomic E-state index is 13.3. The van der Waals surface area contributed by atoms with E-state index in [4.69, 9.17) is 4.74 Å². The molecule has 1 aliphatic heterocycles. The first-order valence-electron chi connectivity index (χ1n) is 10.3. The third kappa shape index (κ3) is 4.36. The van der Waals surface area contributed by atoms with Gasteiger partial charge in [0.1, 0.15) is 5.75 Å². The lowest BCUT2D eigenvalue weighted by molar-refractivity contribution is -0.127. The minimum atomic E-state index is -3.82. The Morgan fingerprint density at radius 3 is 2.60 bits per heavy atom. The van der Waals surface area contributed by atoms with Crippen LogP contribution in [0.1, 0.15) is 32.1 Å². The normalized spacial score (nSPS) is 18.7. The van der Waals surface area contributed by atoms with Gasteiger partial charge >= 0.3 is 0 Å². The highest BCUT2D eigenvalue weighted by atomic mass is 32.2. The summed E-state index contributed by atoms with van der Waals surface area (Å²) in [6, 6.07) is 15.2. The van der Waals surface area contributed by atoms with Gasteiger partial charge in [-0.1, -0.05) is 42.0 Å². The highest BCUT2D eigenvalue weighted by molar-refractivity contribution is 7.92. The number of amides is 1. The fraction of sp³-hybridized carbons (Fsp3) is 0.348. The maximum Gasteiger partial charge on any atom is 0.264 e. The van der Waals surface area contributed by atoms with Crippen molar-refractivity contribution in [1.82, 2.24) is 5.32 Å². The lowest BCUT2D eigenvalue weighted by Crippen LogP contribution is -2.50. The molecular weight excluding hydrogens is 400 g/mol. The fourth-order valence-electron chi connectivity index (χ4n) is 3.88. The van der Waals surface area contributed by atoms with Crippen LogP contribution in [-0.4, -0.2) is 33.5 Å². The van der Waals surface area contributed by atoms with E-state index < -0.39 is 16.1 Å². The molecule has 0 saturated heterocycles. The minimum Gasteiger partial charge on any atom is -0.476 e. The molecule has 30 heavy (non-hydrogen) atoms. The summed E-state index contributed by atoms with van der Waals surface area (Å²) in [5.74, 6) is 0.0903. The van der Waals surface area contributed by atoms with Gasteiger partial charge in [-0.2, -0.15) is 0 Å². The van der Waals surface area contributed by atoms with Gasteiger partial charge in [0.05, 0.1) is 17.1 Å². The first-order valence-corrected chi connectivity index (χ1v) is 11.8. The number of benzene rings is 2. The zero-order valence-corrected chi connectivity index (χ0v) is 17.6. The van der Waals surface area contributed by atoms with E-state index in [1.54, 1.807) is 54.6 Å². The maximum atomic E-state index is 13.3. The van der Waals surface area contributed by atoms with Crippen LogP contribution in [0.3, 0.4) is 0 Å². The van der Waals surface area contributed by atoms with Crippen molar-refractivity contribution in [2.45, 2.75) is 43.1 Å². The van der Waals surface area contributed by atoms with E-state index in [-0.39, 0.29) is 17.3 Å². The van der Waals surface area contributed by atoms with Gasteiger partial charge in [0, 0.05) is 6.54 Å². The summed E-state index contributed by atoms with van der Waals surface area (Å²) in [6.07, 6.45) is 6.81. The topological polar surface area (TPSA) is 75.7 Å². The molecule has 1 amide bonds. The molecule has 1 heterocycles. The van der Waals surface area contributed by atoms with E-state index in [9.17, 15) is 13.2 Å². The Bertz CT molecular complexity index is 1030. The molecular formula is C23H26N2O4S. The lowest BCUT2D eigenvalue weighted by atomic mass is 9.97. The summed E-state index contributed by atoms with van der Waals surface area (Å²) in [6.45, 7) is 0.459. The molecule has 4 rings (SSSR count). The highest BCUT2D eigenvalue weighted by Gasteiger charge is 2.37. The molecule has 1 atom stereocenters. The standard InChI is InChI=1S/C23H26N2O4S/c26-23(24-16-15-18-9-3-1-4-10-18)22-17-25(20-13-7-8-14-21(20)29-22)30(27,28)19-11-5-2-6-12-19/h2,5-9,11-14,22H,1,3-4,10,15-17H2,(H,24,26)/t22-/m1/s1. The number of nitrogens with one attached hydrogen (secondary N) is 1. The van der Waals surface area contributed by atoms with Gasteiger partial charge in [0.25, 0.3) is 15.9 Å². The number of rotatable bonds is 6. The average molecular weight is 427 g/mol.